The molecule has 0 N–H and O–H groups in total. The summed E-state index contributed by atoms with van der Waals surface area (Å²) < 4.78 is 0. The van der Waals surface area contributed by atoms with Crippen molar-refractivity contribution >= 4 is 84.8 Å². The molecule has 3 nitrogen and oxygen atoms in total. The highest BCUT2D eigenvalue weighted by Crippen LogP contribution is 2.65. The van der Waals surface area contributed by atoms with Crippen molar-refractivity contribution in [2.45, 2.75) is 109 Å². The Balaban J connectivity index is 1.03. The van der Waals surface area contributed by atoms with Crippen molar-refractivity contribution in [1.82, 2.24) is 0 Å². The number of para-hydroxylation sites is 1. The van der Waals surface area contributed by atoms with Crippen molar-refractivity contribution < 1.29 is 0 Å². The second-order valence-electron chi connectivity index (χ2n) is 27.9. The van der Waals surface area contributed by atoms with E-state index in [0.717, 1.165) is 23.5 Å². The Kier molecular flexibility index (Phi) is 10.4. The predicted molar refractivity (Wildman–Crippen MR) is 353 cm³/mol. The molecule has 0 atom stereocenters. The van der Waals surface area contributed by atoms with E-state index in [9.17, 15) is 0 Å². The maximum Gasteiger partial charge on any atom is 0.333 e. The van der Waals surface area contributed by atoms with E-state index >= 15 is 0 Å². The van der Waals surface area contributed by atoms with Crippen LogP contribution in [0.5, 0.6) is 0 Å². The van der Waals surface area contributed by atoms with Crippen LogP contribution in [0.15, 0.2) is 218 Å². The normalized spacial score (nSPS) is 16.2. The Morgan fingerprint density at radius 1 is 0.410 bits per heavy atom. The van der Waals surface area contributed by atoms with Gasteiger partial charge in [-0.3, -0.25) is 0 Å². The summed E-state index contributed by atoms with van der Waals surface area (Å²) in [6.45, 7) is 23.5. The van der Waals surface area contributed by atoms with Gasteiger partial charge in [-0.2, -0.15) is 0 Å². The fourth-order valence-electron chi connectivity index (χ4n) is 15.8. The minimum Gasteiger partial charge on any atom is -0.376 e. The molecule has 11 aromatic rings. The topological polar surface area (TPSA) is 9.72 Å². The van der Waals surface area contributed by atoms with E-state index in [-0.39, 0.29) is 28.5 Å². The average molecular weight is 1070 g/mol. The van der Waals surface area contributed by atoms with Gasteiger partial charge >= 0.3 is 6.85 Å². The van der Waals surface area contributed by atoms with Crippen LogP contribution in [0, 0.1) is 0 Å². The van der Waals surface area contributed by atoms with Gasteiger partial charge in [0.2, 0.25) is 0 Å². The first kappa shape index (κ1) is 50.2. The molecule has 16 rings (SSSR count). The predicted octanol–water partition coefficient (Wildman–Crippen LogP) is 19.8. The zero-order chi connectivity index (χ0) is 56.7. The van der Waals surface area contributed by atoms with Crippen LogP contribution in [0.25, 0.3) is 43.8 Å². The van der Waals surface area contributed by atoms with E-state index in [0.29, 0.717) is 0 Å². The smallest absolute Gasteiger partial charge is 0.333 e. The van der Waals surface area contributed by atoms with Gasteiger partial charge < -0.3 is 14.6 Å². The third-order valence-corrected chi connectivity index (χ3v) is 20.2. The Bertz CT molecular complexity index is 4440. The lowest BCUT2D eigenvalue weighted by Crippen LogP contribution is -2.62. The summed E-state index contributed by atoms with van der Waals surface area (Å²) >= 11 is 0. The molecule has 83 heavy (non-hydrogen) atoms. The van der Waals surface area contributed by atoms with Gasteiger partial charge in [0.1, 0.15) is 0 Å². The third kappa shape index (κ3) is 7.05. The summed E-state index contributed by atoms with van der Waals surface area (Å²) in [5.74, 6) is 0. The monoisotopic (exact) mass is 1070 g/mol. The largest absolute Gasteiger partial charge is 0.376 e. The van der Waals surface area contributed by atoms with Gasteiger partial charge in [-0.1, -0.05) is 215 Å². The minimum atomic E-state index is -0.584. The Morgan fingerprint density at radius 2 is 0.952 bits per heavy atom. The molecule has 4 heteroatoms. The van der Waals surface area contributed by atoms with Gasteiger partial charge in [0.25, 0.3) is 0 Å². The number of hydrogen-bond acceptors (Lipinski definition) is 3. The number of fused-ring (bicyclic) bond motifs is 17. The van der Waals surface area contributed by atoms with Crippen molar-refractivity contribution in [3.05, 3.63) is 263 Å². The first-order chi connectivity index (χ1) is 39.9. The molecule has 1 spiro atoms. The maximum absolute atomic E-state index is 2.77. The molecule has 11 aromatic carbocycles. The lowest BCUT2D eigenvalue weighted by Gasteiger charge is -2.52. The van der Waals surface area contributed by atoms with E-state index in [1.807, 2.05) is 0 Å². The van der Waals surface area contributed by atoms with Crippen molar-refractivity contribution in [3.63, 3.8) is 0 Å². The average Bonchev–Trinajstić information content (AvgIpc) is 1.69. The summed E-state index contributed by atoms with van der Waals surface area (Å²) in [5.41, 5.74) is 27.8. The van der Waals surface area contributed by atoms with Crippen molar-refractivity contribution in [3.8, 4) is 22.3 Å². The Labute approximate surface area is 491 Å². The van der Waals surface area contributed by atoms with Gasteiger partial charge in [0.15, 0.2) is 0 Å². The molecule has 0 bridgehead atoms. The molecular weight excluding hydrogens is 1000 g/mol. The maximum atomic E-state index is 2.77. The van der Waals surface area contributed by atoms with Gasteiger partial charge in [-0.15, -0.1) is 0 Å². The lowest BCUT2D eigenvalue weighted by molar-refractivity contribution is 0.332. The molecule has 0 amide bonds. The first-order valence-corrected chi connectivity index (χ1v) is 30.2. The Hall–Kier alpha value is -8.60. The highest BCUT2D eigenvalue weighted by Gasteiger charge is 2.56. The second kappa shape index (κ2) is 17.2. The van der Waals surface area contributed by atoms with E-state index in [1.54, 1.807) is 0 Å². The van der Waals surface area contributed by atoms with E-state index in [1.165, 1.54) is 134 Å². The Morgan fingerprint density at radius 3 is 1.59 bits per heavy atom. The zero-order valence-electron chi connectivity index (χ0n) is 49.6. The lowest BCUT2D eigenvalue weighted by atomic mass is 9.42. The van der Waals surface area contributed by atoms with Gasteiger partial charge in [0.05, 0.1) is 11.1 Å². The van der Waals surface area contributed by atoms with Crippen LogP contribution in [0.4, 0.5) is 45.5 Å². The van der Waals surface area contributed by atoms with Crippen LogP contribution in [-0.2, 0) is 27.1 Å². The third-order valence-electron chi connectivity index (χ3n) is 20.2. The zero-order valence-corrected chi connectivity index (χ0v) is 49.6. The molecule has 0 aromatic heterocycles. The first-order valence-electron chi connectivity index (χ1n) is 30.2. The van der Waals surface area contributed by atoms with Gasteiger partial charge in [0, 0.05) is 45.4 Å². The van der Waals surface area contributed by atoms with Crippen LogP contribution >= 0.6 is 0 Å². The van der Waals surface area contributed by atoms with Crippen LogP contribution in [-0.4, -0.2) is 6.85 Å². The molecule has 0 unspecified atom stereocenters. The fraction of sp³-hybridized carbons (Fsp3) is 0.215. The summed E-state index contributed by atoms with van der Waals surface area (Å²) in [5, 5.41) is 4.99. The van der Waals surface area contributed by atoms with Crippen molar-refractivity contribution in [2.24, 2.45) is 0 Å². The molecule has 5 aliphatic rings. The molecule has 3 heterocycles. The second-order valence-corrected chi connectivity index (χ2v) is 27.9. The van der Waals surface area contributed by atoms with Crippen molar-refractivity contribution in [2.75, 3.05) is 14.6 Å². The molecular formula is C79H70BN3. The van der Waals surface area contributed by atoms with E-state index < -0.39 is 5.41 Å². The quantitative estimate of drug-likeness (QED) is 0.163. The number of benzene rings is 11. The molecule has 0 saturated carbocycles. The standard InChI is InChI=1S/C79H70BN3/c1-75(2,3)52-30-34-54(35-31-52)81(55-36-32-53(33-37-55)76(4,5)6)56-39-41-69-61(47-56)72-58-23-14-13-22-51(58)46-71-73(72)80(83(69)57-38-40-64-66(48-57)78(9,10)43-42-77(64,7)8)68-29-19-28-65-74(68)82(71)70-45-50-21-12-11-20-49(50)44-67(70)79(65)62-26-17-15-24-59(62)60-25-16-18-27-63(60)79/h11-41,44-48H,42-43H2,1-10H3. The highest BCUT2D eigenvalue weighted by molar-refractivity contribution is 6.94. The van der Waals surface area contributed by atoms with Gasteiger partial charge in [-0.25, -0.2) is 0 Å². The van der Waals surface area contributed by atoms with Crippen LogP contribution in [0.2, 0.25) is 0 Å². The number of rotatable bonds is 4. The van der Waals surface area contributed by atoms with E-state index in [4.69, 9.17) is 0 Å². The van der Waals surface area contributed by atoms with Crippen LogP contribution in [0.3, 0.4) is 0 Å². The molecule has 2 aliphatic carbocycles. The molecule has 0 saturated heterocycles. The fourth-order valence-corrected chi connectivity index (χ4v) is 15.8. The molecule has 0 fully saturated rings. The van der Waals surface area contributed by atoms with Gasteiger partial charge in [-0.05, 0) is 201 Å². The summed E-state index contributed by atoms with van der Waals surface area (Å²) in [6.07, 6.45) is 2.31. The number of anilines is 8. The minimum absolute atomic E-state index is 0.00554. The SMILES string of the molecule is CC(C)(C)c1ccc(N(c2ccc(C(C)(C)C)cc2)c2ccc3c(c2)-c2c4c(cc5ccccc25)N2c5cc6ccccc6cc5C5(c6ccccc6-c6ccccc65)c5cccc(c52)B4N3c2ccc3c(c2)C(C)(C)CCC3(C)C)cc1. The van der Waals surface area contributed by atoms with E-state index in [2.05, 4.69) is 302 Å². The van der Waals surface area contributed by atoms with Crippen molar-refractivity contribution in [1.29, 1.82) is 0 Å². The molecule has 0 radical (unpaired) electrons. The van der Waals surface area contributed by atoms with Crippen LogP contribution in [0.1, 0.15) is 127 Å². The molecule has 404 valence electrons. The number of hydrogen-bond donors (Lipinski definition) is 0. The molecule has 3 aliphatic heterocycles. The van der Waals surface area contributed by atoms with Crippen LogP contribution < -0.4 is 25.5 Å². The summed E-state index contributed by atoms with van der Waals surface area (Å²) in [6, 6.07) is 85.3. The number of nitrogens with zero attached hydrogens (tertiary/aromatic N) is 3. The highest BCUT2D eigenvalue weighted by atomic mass is 15.2. The summed E-state index contributed by atoms with van der Waals surface area (Å²) in [7, 11) is 0. The summed E-state index contributed by atoms with van der Waals surface area (Å²) in [4.78, 5) is 7.97.